The third-order valence-electron chi connectivity index (χ3n) is 4.50. The van der Waals surface area contributed by atoms with Crippen molar-refractivity contribution < 1.29 is 4.79 Å². The number of likely N-dealkylation sites (tertiary alicyclic amines) is 1. The van der Waals surface area contributed by atoms with Gasteiger partial charge in [0, 0.05) is 25.0 Å². The first-order valence-electron chi connectivity index (χ1n) is 7.18. The molecular formula is C15H19ClN2O. The molecule has 4 heteroatoms. The third kappa shape index (κ3) is 2.48. The van der Waals surface area contributed by atoms with Crippen molar-refractivity contribution in [2.24, 2.45) is 5.92 Å². The number of rotatable bonds is 1. The molecule has 0 unspecified atom stereocenters. The van der Waals surface area contributed by atoms with Crippen LogP contribution in [0.4, 0.5) is 0 Å². The second-order valence-electron chi connectivity index (χ2n) is 5.61. The van der Waals surface area contributed by atoms with E-state index in [2.05, 4.69) is 9.88 Å². The van der Waals surface area contributed by atoms with Crippen LogP contribution in [0.2, 0.25) is 5.02 Å². The Bertz CT molecular complexity index is 475. The van der Waals surface area contributed by atoms with E-state index < -0.39 is 0 Å². The summed E-state index contributed by atoms with van der Waals surface area (Å²) < 4.78 is 0. The average Bonchev–Trinajstić information content (AvgIpc) is 2.46. The van der Waals surface area contributed by atoms with E-state index in [4.69, 9.17) is 11.6 Å². The topological polar surface area (TPSA) is 33.2 Å². The number of hydrogen-bond donors (Lipinski definition) is 0. The molecule has 1 amide bonds. The minimum absolute atomic E-state index is 0.0645. The van der Waals surface area contributed by atoms with Gasteiger partial charge in [0.25, 0.3) is 5.91 Å². The van der Waals surface area contributed by atoms with E-state index >= 15 is 0 Å². The highest BCUT2D eigenvalue weighted by molar-refractivity contribution is 6.33. The standard InChI is InChI=1S/C15H19ClN2O/c16-13-7-8-17-10-12(13)15(19)18-9-3-5-11-4-1-2-6-14(11)18/h7-8,10-11,14H,1-6,9H2/t11-,14-/m1/s1. The van der Waals surface area contributed by atoms with E-state index in [1.165, 1.54) is 25.7 Å². The van der Waals surface area contributed by atoms with Crippen LogP contribution in [0.25, 0.3) is 0 Å². The summed E-state index contributed by atoms with van der Waals surface area (Å²) in [7, 11) is 0. The lowest BCUT2D eigenvalue weighted by Crippen LogP contribution is -2.49. The smallest absolute Gasteiger partial charge is 0.257 e. The number of nitrogens with zero attached hydrogens (tertiary/aromatic N) is 2. The van der Waals surface area contributed by atoms with Crippen LogP contribution in [0.15, 0.2) is 18.5 Å². The Morgan fingerprint density at radius 2 is 2.05 bits per heavy atom. The predicted molar refractivity (Wildman–Crippen MR) is 75.3 cm³/mol. The second kappa shape index (κ2) is 5.49. The zero-order valence-electron chi connectivity index (χ0n) is 11.0. The summed E-state index contributed by atoms with van der Waals surface area (Å²) in [5.41, 5.74) is 0.551. The fourth-order valence-electron chi connectivity index (χ4n) is 3.57. The van der Waals surface area contributed by atoms with Crippen molar-refractivity contribution in [3.63, 3.8) is 0 Å². The maximum absolute atomic E-state index is 12.7. The molecule has 3 nitrogen and oxygen atoms in total. The van der Waals surface area contributed by atoms with Gasteiger partial charge in [0.2, 0.25) is 0 Å². The molecule has 1 aromatic rings. The molecule has 0 bridgehead atoms. The van der Waals surface area contributed by atoms with Gasteiger partial charge in [-0.3, -0.25) is 9.78 Å². The van der Waals surface area contributed by atoms with Gasteiger partial charge in [-0.25, -0.2) is 0 Å². The van der Waals surface area contributed by atoms with Gasteiger partial charge >= 0.3 is 0 Å². The summed E-state index contributed by atoms with van der Waals surface area (Å²) in [4.78, 5) is 18.8. The monoisotopic (exact) mass is 278 g/mol. The summed E-state index contributed by atoms with van der Waals surface area (Å²) in [6, 6.07) is 2.11. The molecule has 1 aromatic heterocycles. The molecule has 2 fully saturated rings. The molecule has 0 aromatic carbocycles. The van der Waals surface area contributed by atoms with E-state index in [1.54, 1.807) is 18.5 Å². The highest BCUT2D eigenvalue weighted by atomic mass is 35.5. The van der Waals surface area contributed by atoms with Gasteiger partial charge in [-0.1, -0.05) is 24.4 Å². The molecule has 0 spiro atoms. The van der Waals surface area contributed by atoms with Crippen LogP contribution in [-0.4, -0.2) is 28.4 Å². The van der Waals surface area contributed by atoms with Gasteiger partial charge < -0.3 is 4.90 Å². The van der Waals surface area contributed by atoms with Crippen molar-refractivity contribution in [2.75, 3.05) is 6.54 Å². The SMILES string of the molecule is O=C(c1cnccc1Cl)N1CCC[C@H]2CCCC[C@H]21. The van der Waals surface area contributed by atoms with E-state index in [-0.39, 0.29) is 5.91 Å². The van der Waals surface area contributed by atoms with Crippen LogP contribution < -0.4 is 0 Å². The molecule has 102 valence electrons. The molecule has 1 aliphatic heterocycles. The van der Waals surface area contributed by atoms with Crippen LogP contribution >= 0.6 is 11.6 Å². The lowest BCUT2D eigenvalue weighted by atomic mass is 9.78. The predicted octanol–water partition coefficient (Wildman–Crippen LogP) is 3.53. The van der Waals surface area contributed by atoms with Crippen molar-refractivity contribution in [1.82, 2.24) is 9.88 Å². The van der Waals surface area contributed by atoms with Crippen LogP contribution in [0.5, 0.6) is 0 Å². The molecule has 1 saturated heterocycles. The molecule has 0 N–H and O–H groups in total. The third-order valence-corrected chi connectivity index (χ3v) is 4.83. The summed E-state index contributed by atoms with van der Waals surface area (Å²) >= 11 is 6.13. The van der Waals surface area contributed by atoms with E-state index in [0.717, 1.165) is 19.4 Å². The highest BCUT2D eigenvalue weighted by Gasteiger charge is 2.36. The van der Waals surface area contributed by atoms with Crippen molar-refractivity contribution in [3.8, 4) is 0 Å². The van der Waals surface area contributed by atoms with E-state index in [1.807, 2.05) is 0 Å². The summed E-state index contributed by atoms with van der Waals surface area (Å²) in [6.45, 7) is 0.866. The molecule has 0 radical (unpaired) electrons. The maximum Gasteiger partial charge on any atom is 0.257 e. The first-order chi connectivity index (χ1) is 9.27. The Morgan fingerprint density at radius 1 is 1.26 bits per heavy atom. The van der Waals surface area contributed by atoms with Gasteiger partial charge in [-0.15, -0.1) is 0 Å². The summed E-state index contributed by atoms with van der Waals surface area (Å²) in [5, 5.41) is 0.512. The number of hydrogen-bond acceptors (Lipinski definition) is 2. The molecule has 1 aliphatic carbocycles. The molecule has 2 heterocycles. The lowest BCUT2D eigenvalue weighted by molar-refractivity contribution is 0.0390. The average molecular weight is 279 g/mol. The number of pyridine rings is 1. The van der Waals surface area contributed by atoms with Gasteiger partial charge in [-0.05, 0) is 37.7 Å². The Balaban J connectivity index is 1.84. The van der Waals surface area contributed by atoms with Gasteiger partial charge in [0.15, 0.2) is 0 Å². The van der Waals surface area contributed by atoms with Crippen LogP contribution in [0.1, 0.15) is 48.9 Å². The first-order valence-corrected chi connectivity index (χ1v) is 7.55. The van der Waals surface area contributed by atoms with Crippen LogP contribution in [0.3, 0.4) is 0 Å². The molecule has 2 atom stereocenters. The lowest BCUT2D eigenvalue weighted by Gasteiger charge is -2.44. The normalized spacial score (nSPS) is 26.9. The van der Waals surface area contributed by atoms with Gasteiger partial charge in [0.05, 0.1) is 10.6 Å². The maximum atomic E-state index is 12.7. The Hall–Kier alpha value is -1.09. The first kappa shape index (κ1) is 12.9. The summed E-state index contributed by atoms with van der Waals surface area (Å²) in [6.07, 6.45) is 10.6. The number of fused-ring (bicyclic) bond motifs is 1. The Labute approximate surface area is 119 Å². The molecular weight excluding hydrogens is 260 g/mol. The van der Waals surface area contributed by atoms with Crippen molar-refractivity contribution in [2.45, 2.75) is 44.6 Å². The highest BCUT2D eigenvalue weighted by Crippen LogP contribution is 2.36. The minimum atomic E-state index is 0.0645. The van der Waals surface area contributed by atoms with Crippen molar-refractivity contribution >= 4 is 17.5 Å². The Morgan fingerprint density at radius 3 is 2.89 bits per heavy atom. The molecule has 19 heavy (non-hydrogen) atoms. The summed E-state index contributed by atoms with van der Waals surface area (Å²) in [5.74, 6) is 0.761. The number of amides is 1. The quantitative estimate of drug-likeness (QED) is 0.787. The number of carbonyl (C=O) groups is 1. The van der Waals surface area contributed by atoms with Crippen LogP contribution in [0, 0.1) is 5.92 Å². The number of carbonyl (C=O) groups excluding carboxylic acids is 1. The molecule has 2 aliphatic rings. The van der Waals surface area contributed by atoms with E-state index in [9.17, 15) is 4.79 Å². The number of aromatic nitrogens is 1. The van der Waals surface area contributed by atoms with E-state index in [0.29, 0.717) is 22.5 Å². The number of piperidine rings is 1. The second-order valence-corrected chi connectivity index (χ2v) is 6.02. The molecule has 3 rings (SSSR count). The van der Waals surface area contributed by atoms with Gasteiger partial charge in [-0.2, -0.15) is 0 Å². The fourth-order valence-corrected chi connectivity index (χ4v) is 3.75. The fraction of sp³-hybridized carbons (Fsp3) is 0.600. The molecule has 1 saturated carbocycles. The van der Waals surface area contributed by atoms with Crippen molar-refractivity contribution in [3.05, 3.63) is 29.0 Å². The minimum Gasteiger partial charge on any atom is -0.335 e. The van der Waals surface area contributed by atoms with Crippen molar-refractivity contribution in [1.29, 1.82) is 0 Å². The zero-order chi connectivity index (χ0) is 13.2. The van der Waals surface area contributed by atoms with Gasteiger partial charge in [0.1, 0.15) is 0 Å². The zero-order valence-corrected chi connectivity index (χ0v) is 11.8. The Kier molecular flexibility index (Phi) is 3.74. The number of halogens is 1. The largest absolute Gasteiger partial charge is 0.335 e. The van der Waals surface area contributed by atoms with Crippen LogP contribution in [-0.2, 0) is 0 Å².